The second-order valence-electron chi connectivity index (χ2n) is 4.14. The molecule has 1 aromatic carbocycles. The van der Waals surface area contributed by atoms with Gasteiger partial charge in [-0.1, -0.05) is 23.2 Å². The number of hydrogen-bond acceptors (Lipinski definition) is 4. The molecule has 1 aromatic heterocycles. The number of thiazole rings is 1. The van der Waals surface area contributed by atoms with Crippen LogP contribution in [0.15, 0.2) is 23.6 Å². The van der Waals surface area contributed by atoms with Crippen LogP contribution in [0.5, 0.6) is 5.75 Å². The van der Waals surface area contributed by atoms with Crippen LogP contribution in [0.4, 0.5) is 0 Å². The Morgan fingerprint density at radius 2 is 2.10 bits per heavy atom. The molecule has 0 spiro atoms. The SMILES string of the molecule is CCOC(C)c1nc(COc2ccc(Cl)c(Cl)c2)cs1. The second-order valence-corrected chi connectivity index (χ2v) is 5.84. The molecule has 0 aliphatic rings. The van der Waals surface area contributed by atoms with Gasteiger partial charge in [0.15, 0.2) is 0 Å². The molecule has 0 aliphatic heterocycles. The lowest BCUT2D eigenvalue weighted by atomic mass is 10.3. The summed E-state index contributed by atoms with van der Waals surface area (Å²) in [6, 6.07) is 5.19. The summed E-state index contributed by atoms with van der Waals surface area (Å²) in [5, 5.41) is 3.93. The van der Waals surface area contributed by atoms with Gasteiger partial charge in [-0.2, -0.15) is 0 Å². The van der Waals surface area contributed by atoms with E-state index in [2.05, 4.69) is 4.98 Å². The minimum absolute atomic E-state index is 0.0173. The third kappa shape index (κ3) is 4.09. The predicted molar refractivity (Wildman–Crippen MR) is 82.9 cm³/mol. The van der Waals surface area contributed by atoms with Crippen molar-refractivity contribution in [3.05, 3.63) is 44.3 Å². The van der Waals surface area contributed by atoms with Crippen molar-refractivity contribution in [2.75, 3.05) is 6.61 Å². The van der Waals surface area contributed by atoms with Gasteiger partial charge in [-0.25, -0.2) is 4.98 Å². The first-order chi connectivity index (χ1) is 9.60. The highest BCUT2D eigenvalue weighted by atomic mass is 35.5. The Morgan fingerprint density at radius 3 is 2.80 bits per heavy atom. The lowest BCUT2D eigenvalue weighted by molar-refractivity contribution is 0.0760. The summed E-state index contributed by atoms with van der Waals surface area (Å²) in [6.45, 7) is 5.04. The summed E-state index contributed by atoms with van der Waals surface area (Å²) in [5.41, 5.74) is 0.877. The number of rotatable bonds is 6. The quantitative estimate of drug-likeness (QED) is 0.735. The lowest BCUT2D eigenvalue weighted by Crippen LogP contribution is -2.00. The molecule has 0 bridgehead atoms. The maximum atomic E-state index is 5.93. The van der Waals surface area contributed by atoms with Crippen molar-refractivity contribution < 1.29 is 9.47 Å². The molecule has 2 aromatic rings. The van der Waals surface area contributed by atoms with Gasteiger partial charge in [-0.15, -0.1) is 11.3 Å². The largest absolute Gasteiger partial charge is 0.487 e. The van der Waals surface area contributed by atoms with Crippen molar-refractivity contribution in [3.63, 3.8) is 0 Å². The number of ether oxygens (including phenoxy) is 2. The van der Waals surface area contributed by atoms with E-state index in [1.54, 1.807) is 29.5 Å². The van der Waals surface area contributed by atoms with Gasteiger partial charge in [-0.3, -0.25) is 0 Å². The van der Waals surface area contributed by atoms with Gasteiger partial charge >= 0.3 is 0 Å². The smallest absolute Gasteiger partial charge is 0.131 e. The fourth-order valence-corrected chi connectivity index (χ4v) is 2.72. The van der Waals surface area contributed by atoms with Crippen LogP contribution in [0.25, 0.3) is 0 Å². The molecule has 0 amide bonds. The van der Waals surface area contributed by atoms with Crippen LogP contribution in [0.2, 0.25) is 10.0 Å². The molecule has 0 saturated carbocycles. The van der Waals surface area contributed by atoms with Crippen molar-refractivity contribution in [1.29, 1.82) is 0 Å². The Kier molecular flexibility index (Phi) is 5.66. The molecule has 1 heterocycles. The summed E-state index contributed by atoms with van der Waals surface area (Å²) >= 11 is 13.4. The fourth-order valence-electron chi connectivity index (χ4n) is 1.62. The normalized spacial score (nSPS) is 12.4. The first-order valence-electron chi connectivity index (χ1n) is 6.24. The molecule has 108 valence electrons. The summed E-state index contributed by atoms with van der Waals surface area (Å²) < 4.78 is 11.1. The van der Waals surface area contributed by atoms with E-state index in [0.29, 0.717) is 29.0 Å². The number of nitrogens with zero attached hydrogens (tertiary/aromatic N) is 1. The summed E-state index contributed by atoms with van der Waals surface area (Å²) in [7, 11) is 0. The molecule has 0 aliphatic carbocycles. The van der Waals surface area contributed by atoms with E-state index < -0.39 is 0 Å². The Hall–Kier alpha value is -0.810. The molecule has 1 atom stereocenters. The van der Waals surface area contributed by atoms with Gasteiger partial charge in [0.05, 0.1) is 15.7 Å². The van der Waals surface area contributed by atoms with Crippen molar-refractivity contribution in [1.82, 2.24) is 4.98 Å². The zero-order chi connectivity index (χ0) is 14.5. The zero-order valence-corrected chi connectivity index (χ0v) is 13.6. The summed E-state index contributed by atoms with van der Waals surface area (Å²) in [5.74, 6) is 0.673. The number of benzene rings is 1. The molecule has 0 saturated heterocycles. The topological polar surface area (TPSA) is 31.4 Å². The van der Waals surface area contributed by atoms with Gasteiger partial charge < -0.3 is 9.47 Å². The highest BCUT2D eigenvalue weighted by molar-refractivity contribution is 7.09. The molecule has 0 N–H and O–H groups in total. The van der Waals surface area contributed by atoms with Crippen molar-refractivity contribution in [3.8, 4) is 5.75 Å². The van der Waals surface area contributed by atoms with Crippen LogP contribution in [-0.4, -0.2) is 11.6 Å². The summed E-state index contributed by atoms with van der Waals surface area (Å²) in [6.07, 6.45) is 0.0173. The maximum absolute atomic E-state index is 5.93. The number of aromatic nitrogens is 1. The average Bonchev–Trinajstić information content (AvgIpc) is 2.89. The van der Waals surface area contributed by atoms with Crippen LogP contribution in [-0.2, 0) is 11.3 Å². The van der Waals surface area contributed by atoms with E-state index in [9.17, 15) is 0 Å². The number of hydrogen-bond donors (Lipinski definition) is 0. The Morgan fingerprint density at radius 1 is 1.30 bits per heavy atom. The van der Waals surface area contributed by atoms with Gasteiger partial charge in [0, 0.05) is 18.1 Å². The molecular formula is C14H15Cl2NO2S. The third-order valence-corrected chi connectivity index (χ3v) is 4.41. The van der Waals surface area contributed by atoms with E-state index >= 15 is 0 Å². The molecule has 1 unspecified atom stereocenters. The molecule has 6 heteroatoms. The Labute approximate surface area is 132 Å². The third-order valence-electron chi connectivity index (χ3n) is 2.61. The van der Waals surface area contributed by atoms with Gasteiger partial charge in [-0.05, 0) is 26.0 Å². The van der Waals surface area contributed by atoms with Gasteiger partial charge in [0.25, 0.3) is 0 Å². The van der Waals surface area contributed by atoms with Crippen LogP contribution >= 0.6 is 34.5 Å². The van der Waals surface area contributed by atoms with E-state index in [-0.39, 0.29) is 6.10 Å². The monoisotopic (exact) mass is 331 g/mol. The maximum Gasteiger partial charge on any atom is 0.131 e. The molecule has 0 fully saturated rings. The molecule has 20 heavy (non-hydrogen) atoms. The predicted octanol–water partition coefficient (Wildman–Crippen LogP) is 5.13. The van der Waals surface area contributed by atoms with Crippen molar-refractivity contribution >= 4 is 34.5 Å². The van der Waals surface area contributed by atoms with E-state index in [4.69, 9.17) is 32.7 Å². The first kappa shape index (κ1) is 15.6. The molecular weight excluding hydrogens is 317 g/mol. The standard InChI is InChI=1S/C14H15Cl2NO2S/c1-3-18-9(2)14-17-10(8-20-14)7-19-11-4-5-12(15)13(16)6-11/h4-6,8-9H,3,7H2,1-2H3. The van der Waals surface area contributed by atoms with Crippen LogP contribution in [0.1, 0.15) is 30.7 Å². The minimum Gasteiger partial charge on any atom is -0.487 e. The molecule has 0 radical (unpaired) electrons. The van der Waals surface area contributed by atoms with Crippen molar-refractivity contribution in [2.24, 2.45) is 0 Å². The Balaban J connectivity index is 1.95. The number of halogens is 2. The van der Waals surface area contributed by atoms with Crippen molar-refractivity contribution in [2.45, 2.75) is 26.6 Å². The van der Waals surface area contributed by atoms with Gasteiger partial charge in [0.2, 0.25) is 0 Å². The summed E-state index contributed by atoms with van der Waals surface area (Å²) in [4.78, 5) is 4.49. The highest BCUT2D eigenvalue weighted by Gasteiger charge is 2.10. The van der Waals surface area contributed by atoms with Gasteiger partial charge in [0.1, 0.15) is 23.5 Å². The average molecular weight is 332 g/mol. The molecule has 2 rings (SSSR count). The van der Waals surface area contributed by atoms with Crippen LogP contribution in [0.3, 0.4) is 0 Å². The second kappa shape index (κ2) is 7.27. The van der Waals surface area contributed by atoms with Crippen LogP contribution in [0, 0.1) is 0 Å². The first-order valence-corrected chi connectivity index (χ1v) is 7.87. The minimum atomic E-state index is 0.0173. The van der Waals surface area contributed by atoms with E-state index in [1.165, 1.54) is 0 Å². The van der Waals surface area contributed by atoms with Crippen LogP contribution < -0.4 is 4.74 Å². The van der Waals surface area contributed by atoms with E-state index in [0.717, 1.165) is 10.7 Å². The molecule has 3 nitrogen and oxygen atoms in total. The zero-order valence-electron chi connectivity index (χ0n) is 11.2. The fraction of sp³-hybridized carbons (Fsp3) is 0.357. The lowest BCUT2D eigenvalue weighted by Gasteiger charge is -2.07. The van der Waals surface area contributed by atoms with E-state index in [1.807, 2.05) is 19.2 Å². The Bertz CT molecular complexity index is 574. The highest BCUT2D eigenvalue weighted by Crippen LogP contribution is 2.27.